The molecule has 1 aliphatic rings. The van der Waals surface area contributed by atoms with E-state index in [2.05, 4.69) is 5.32 Å². The van der Waals surface area contributed by atoms with E-state index in [1.165, 1.54) is 12.1 Å². The van der Waals surface area contributed by atoms with Gasteiger partial charge in [-0.15, -0.1) is 0 Å². The van der Waals surface area contributed by atoms with Gasteiger partial charge in [0.05, 0.1) is 6.42 Å². The average Bonchev–Trinajstić information content (AvgIpc) is 3.28. The summed E-state index contributed by atoms with van der Waals surface area (Å²) < 4.78 is 18.8. The van der Waals surface area contributed by atoms with Crippen LogP contribution in [0.4, 0.5) is 4.39 Å². The summed E-state index contributed by atoms with van der Waals surface area (Å²) in [6, 6.07) is 26.4. The summed E-state index contributed by atoms with van der Waals surface area (Å²) in [6.45, 7) is 0.292. The van der Waals surface area contributed by atoms with Crippen LogP contribution >= 0.6 is 11.6 Å². The third kappa shape index (κ3) is 5.55. The summed E-state index contributed by atoms with van der Waals surface area (Å²) in [6.07, 6.45) is 0.439. The van der Waals surface area contributed by atoms with Crippen LogP contribution in [0.15, 0.2) is 91.0 Å². The molecule has 5 nitrogen and oxygen atoms in total. The van der Waals surface area contributed by atoms with Crippen LogP contribution in [0.25, 0.3) is 11.1 Å². The van der Waals surface area contributed by atoms with Crippen molar-refractivity contribution in [3.05, 3.63) is 124 Å². The Balaban J connectivity index is 1.23. The van der Waals surface area contributed by atoms with Gasteiger partial charge in [0, 0.05) is 23.4 Å². The Morgan fingerprint density at radius 2 is 1.58 bits per heavy atom. The maximum atomic E-state index is 13.0. The molecule has 4 aromatic carbocycles. The number of halogens is 2. The van der Waals surface area contributed by atoms with E-state index in [0.29, 0.717) is 17.4 Å². The van der Waals surface area contributed by atoms with E-state index in [9.17, 15) is 19.1 Å². The van der Waals surface area contributed by atoms with Crippen molar-refractivity contribution in [3.8, 4) is 16.9 Å². The third-order valence-electron chi connectivity index (χ3n) is 6.77. The van der Waals surface area contributed by atoms with Gasteiger partial charge in [-0.2, -0.15) is 0 Å². The molecule has 0 saturated heterocycles. The first-order chi connectivity index (χ1) is 18.3. The van der Waals surface area contributed by atoms with Gasteiger partial charge in [-0.05, 0) is 58.1 Å². The topological polar surface area (TPSA) is 75.6 Å². The molecule has 0 fully saturated rings. The van der Waals surface area contributed by atoms with Crippen molar-refractivity contribution in [2.75, 3.05) is 0 Å². The predicted octanol–water partition coefficient (Wildman–Crippen LogP) is 6.01. The molecule has 5 rings (SSSR count). The van der Waals surface area contributed by atoms with Gasteiger partial charge in [0.1, 0.15) is 23.7 Å². The van der Waals surface area contributed by atoms with Crippen molar-refractivity contribution in [1.82, 2.24) is 5.32 Å². The molecule has 0 saturated carbocycles. The van der Waals surface area contributed by atoms with Crippen molar-refractivity contribution >= 4 is 23.5 Å². The number of carboxylic acid groups (broad SMARTS) is 1. The van der Waals surface area contributed by atoms with Crippen molar-refractivity contribution in [1.29, 1.82) is 0 Å². The lowest BCUT2D eigenvalue weighted by molar-refractivity contribution is -0.147. The predicted molar refractivity (Wildman–Crippen MR) is 144 cm³/mol. The lowest BCUT2D eigenvalue weighted by atomic mass is 9.95. The number of carbonyl (C=O) groups excluding carboxylic acids is 1. The van der Waals surface area contributed by atoms with Gasteiger partial charge >= 0.3 is 5.97 Å². The zero-order chi connectivity index (χ0) is 26.7. The smallest absolute Gasteiger partial charge is 0.330 e. The van der Waals surface area contributed by atoms with E-state index < -0.39 is 11.5 Å². The minimum absolute atomic E-state index is 0.0362. The largest absolute Gasteiger partial charge is 0.489 e. The van der Waals surface area contributed by atoms with Crippen molar-refractivity contribution in [3.63, 3.8) is 0 Å². The van der Waals surface area contributed by atoms with Crippen LogP contribution in [0.3, 0.4) is 0 Å². The highest BCUT2D eigenvalue weighted by atomic mass is 35.5. The minimum Gasteiger partial charge on any atom is -0.489 e. The Bertz CT molecular complexity index is 1490. The number of carboxylic acids is 1. The highest BCUT2D eigenvalue weighted by Gasteiger charge is 2.45. The van der Waals surface area contributed by atoms with E-state index in [-0.39, 0.29) is 31.0 Å². The molecule has 0 aliphatic heterocycles. The van der Waals surface area contributed by atoms with Gasteiger partial charge in [0.15, 0.2) is 0 Å². The van der Waals surface area contributed by atoms with Gasteiger partial charge in [-0.3, -0.25) is 4.79 Å². The molecule has 1 aliphatic carbocycles. The van der Waals surface area contributed by atoms with Gasteiger partial charge in [0.2, 0.25) is 5.91 Å². The van der Waals surface area contributed by atoms with Crippen LogP contribution in [-0.4, -0.2) is 22.5 Å². The molecule has 4 aromatic rings. The monoisotopic (exact) mass is 529 g/mol. The minimum atomic E-state index is -1.41. The number of benzene rings is 4. The summed E-state index contributed by atoms with van der Waals surface area (Å²) >= 11 is 6.35. The second-order valence-corrected chi connectivity index (χ2v) is 9.90. The number of nitrogens with one attached hydrogen (secondary N) is 1. The molecular weight excluding hydrogens is 505 g/mol. The fourth-order valence-electron chi connectivity index (χ4n) is 4.78. The summed E-state index contributed by atoms with van der Waals surface area (Å²) in [7, 11) is 0. The number of aliphatic carboxylic acids is 1. The standard InChI is InChI=1S/C31H25ClFNO4/c32-28-4-2-1-3-27(28)22-9-10-23-17-31(30(36)37,18-24(23)16-22)34-29(35)15-20-7-13-26(14-8-20)38-19-21-5-11-25(33)12-6-21/h1-14,16H,15,17-19H2,(H,34,35)(H,36,37). The van der Waals surface area contributed by atoms with Crippen LogP contribution in [0, 0.1) is 5.82 Å². The molecule has 192 valence electrons. The lowest BCUT2D eigenvalue weighted by Crippen LogP contribution is -2.55. The van der Waals surface area contributed by atoms with Crippen molar-refractivity contribution in [2.45, 2.75) is 31.4 Å². The normalized spacial score (nSPS) is 16.1. The van der Waals surface area contributed by atoms with E-state index in [4.69, 9.17) is 16.3 Å². The second-order valence-electron chi connectivity index (χ2n) is 9.49. The molecule has 0 bridgehead atoms. The summed E-state index contributed by atoms with van der Waals surface area (Å²) in [4.78, 5) is 25.3. The van der Waals surface area contributed by atoms with Gasteiger partial charge in [0.25, 0.3) is 0 Å². The van der Waals surface area contributed by atoms with E-state index >= 15 is 0 Å². The van der Waals surface area contributed by atoms with Crippen LogP contribution < -0.4 is 10.1 Å². The SMILES string of the molecule is O=C(Cc1ccc(OCc2ccc(F)cc2)cc1)NC1(C(=O)O)Cc2ccc(-c3ccccc3Cl)cc2C1. The number of carbonyl (C=O) groups is 2. The Morgan fingerprint density at radius 1 is 0.895 bits per heavy atom. The third-order valence-corrected chi connectivity index (χ3v) is 7.10. The maximum Gasteiger partial charge on any atom is 0.330 e. The maximum absolute atomic E-state index is 13.0. The first-order valence-electron chi connectivity index (χ1n) is 12.2. The average molecular weight is 530 g/mol. The summed E-state index contributed by atoms with van der Waals surface area (Å²) in [5.41, 5.74) is 3.72. The van der Waals surface area contributed by atoms with Crippen LogP contribution in [0.2, 0.25) is 5.02 Å². The fourth-order valence-corrected chi connectivity index (χ4v) is 5.02. The molecule has 1 unspecified atom stereocenters. The molecule has 0 heterocycles. The molecule has 0 radical (unpaired) electrons. The summed E-state index contributed by atoms with van der Waals surface area (Å²) in [5.74, 6) is -1.12. The van der Waals surface area contributed by atoms with E-state index in [1.54, 1.807) is 36.4 Å². The molecule has 7 heteroatoms. The van der Waals surface area contributed by atoms with Gasteiger partial charge in [-0.25, -0.2) is 9.18 Å². The highest BCUT2D eigenvalue weighted by Crippen LogP contribution is 2.35. The first-order valence-corrected chi connectivity index (χ1v) is 12.6. The Hall–Kier alpha value is -4.16. The van der Waals surface area contributed by atoms with E-state index in [0.717, 1.165) is 33.4 Å². The number of fused-ring (bicyclic) bond motifs is 1. The number of rotatable bonds is 8. The number of ether oxygens (including phenoxy) is 1. The fraction of sp³-hybridized carbons (Fsp3) is 0.161. The Kier molecular flexibility index (Phi) is 7.16. The molecule has 1 amide bonds. The number of hydrogen-bond acceptors (Lipinski definition) is 3. The number of amides is 1. The van der Waals surface area contributed by atoms with Crippen LogP contribution in [0.1, 0.15) is 22.3 Å². The number of hydrogen-bond donors (Lipinski definition) is 2. The van der Waals surface area contributed by atoms with Crippen LogP contribution in [0.5, 0.6) is 5.75 Å². The lowest BCUT2D eigenvalue weighted by Gasteiger charge is -2.25. The van der Waals surface area contributed by atoms with E-state index in [1.807, 2.05) is 42.5 Å². The zero-order valence-corrected chi connectivity index (χ0v) is 21.2. The quantitative estimate of drug-likeness (QED) is 0.293. The Morgan fingerprint density at radius 3 is 2.29 bits per heavy atom. The molecule has 0 spiro atoms. The molecule has 38 heavy (non-hydrogen) atoms. The first kappa shape index (κ1) is 25.5. The van der Waals surface area contributed by atoms with Gasteiger partial charge < -0.3 is 15.2 Å². The van der Waals surface area contributed by atoms with Gasteiger partial charge in [-0.1, -0.05) is 72.3 Å². The molecule has 0 aromatic heterocycles. The molecular formula is C31H25ClFNO4. The molecule has 2 N–H and O–H groups in total. The summed E-state index contributed by atoms with van der Waals surface area (Å²) in [5, 5.41) is 13.5. The van der Waals surface area contributed by atoms with Crippen molar-refractivity contribution in [2.24, 2.45) is 0 Å². The van der Waals surface area contributed by atoms with Crippen LogP contribution in [-0.2, 0) is 35.5 Å². The zero-order valence-electron chi connectivity index (χ0n) is 20.4. The highest BCUT2D eigenvalue weighted by molar-refractivity contribution is 6.33. The Labute approximate surface area is 224 Å². The van der Waals surface area contributed by atoms with Crippen molar-refractivity contribution < 1.29 is 23.8 Å². The molecule has 1 atom stereocenters. The second kappa shape index (κ2) is 10.7.